The molecule has 1 aromatic carbocycles. The zero-order valence-electron chi connectivity index (χ0n) is 12.0. The summed E-state index contributed by atoms with van der Waals surface area (Å²) in [6.07, 6.45) is 1.35. The highest BCUT2D eigenvalue weighted by atomic mass is 32.2. The molecule has 0 saturated carbocycles. The second-order valence-corrected chi connectivity index (χ2v) is 6.24. The number of aromatic nitrogens is 3. The van der Waals surface area contributed by atoms with Gasteiger partial charge in [0, 0.05) is 6.54 Å². The molecule has 5 nitrogen and oxygen atoms in total. The van der Waals surface area contributed by atoms with E-state index >= 15 is 0 Å². The van der Waals surface area contributed by atoms with Gasteiger partial charge < -0.3 is 0 Å². The second kappa shape index (κ2) is 6.80. The molecule has 7 heteroatoms. The van der Waals surface area contributed by atoms with Gasteiger partial charge in [0.05, 0.1) is 16.0 Å². The molecule has 2 atom stereocenters. The number of hydrogen-bond acceptors (Lipinski definition) is 3. The third kappa shape index (κ3) is 3.29. The van der Waals surface area contributed by atoms with Crippen LogP contribution in [-0.2, 0) is 17.3 Å². The third-order valence-electron chi connectivity index (χ3n) is 3.22. The number of halogens is 1. The topological polar surface area (TPSA) is 67.8 Å². The molecule has 1 aromatic heterocycles. The summed E-state index contributed by atoms with van der Waals surface area (Å²) in [5, 5.41) is 6.17. The summed E-state index contributed by atoms with van der Waals surface area (Å²) in [5.74, 6) is -0.331. The van der Waals surface area contributed by atoms with Crippen LogP contribution in [0.3, 0.4) is 0 Å². The lowest BCUT2D eigenvalue weighted by Gasteiger charge is -2.14. The molecule has 0 aliphatic heterocycles. The van der Waals surface area contributed by atoms with Crippen LogP contribution >= 0.6 is 0 Å². The summed E-state index contributed by atoms with van der Waals surface area (Å²) in [4.78, 5) is 11.7. The maximum atomic E-state index is 13.0. The lowest BCUT2D eigenvalue weighted by atomic mass is 10.1. The summed E-state index contributed by atoms with van der Waals surface area (Å²) in [5.41, 5.74) is 0.421. The van der Waals surface area contributed by atoms with Crippen molar-refractivity contribution in [3.05, 3.63) is 46.1 Å². The molecule has 0 aliphatic carbocycles. The fourth-order valence-corrected chi connectivity index (χ4v) is 3.68. The van der Waals surface area contributed by atoms with Crippen LogP contribution in [0.1, 0.15) is 37.5 Å². The van der Waals surface area contributed by atoms with Crippen molar-refractivity contribution in [3.63, 3.8) is 0 Å². The van der Waals surface area contributed by atoms with E-state index in [4.69, 9.17) is 0 Å². The van der Waals surface area contributed by atoms with E-state index in [-0.39, 0.29) is 21.9 Å². The van der Waals surface area contributed by atoms with Gasteiger partial charge in [-0.15, -0.1) is 5.10 Å². The Labute approximate surface area is 124 Å². The molecule has 2 rings (SSSR count). The molecule has 114 valence electrons. The first kappa shape index (κ1) is 15.6. The Hall–Kier alpha value is -1.76. The van der Waals surface area contributed by atoms with E-state index < -0.39 is 10.8 Å². The van der Waals surface area contributed by atoms with Gasteiger partial charge in [-0.25, -0.2) is 14.3 Å². The van der Waals surface area contributed by atoms with E-state index in [1.54, 1.807) is 12.1 Å². The summed E-state index contributed by atoms with van der Waals surface area (Å²) < 4.78 is 27.2. The fraction of sp³-hybridized carbons (Fsp3) is 0.429. The first-order chi connectivity index (χ1) is 10.1. The summed E-state index contributed by atoms with van der Waals surface area (Å²) in [7, 11) is -1.47. The molecule has 21 heavy (non-hydrogen) atoms. The molecule has 2 aromatic rings. The first-order valence-corrected chi connectivity index (χ1v) is 8.11. The Morgan fingerprint density at radius 2 is 2.00 bits per heavy atom. The second-order valence-electron chi connectivity index (χ2n) is 4.71. The van der Waals surface area contributed by atoms with Crippen LogP contribution in [0.4, 0.5) is 4.39 Å². The predicted octanol–water partition coefficient (Wildman–Crippen LogP) is 2.38. The number of H-pyrrole nitrogens is 1. The minimum atomic E-state index is -1.47. The fourth-order valence-electron chi connectivity index (χ4n) is 2.19. The highest BCUT2D eigenvalue weighted by molar-refractivity contribution is 7.85. The molecular weight excluding hydrogens is 293 g/mol. The van der Waals surface area contributed by atoms with Crippen LogP contribution in [0.15, 0.2) is 34.2 Å². The molecule has 0 saturated heterocycles. The van der Waals surface area contributed by atoms with E-state index in [0.717, 1.165) is 12.0 Å². The minimum absolute atomic E-state index is 0.248. The number of hydrogen-bond donors (Lipinski definition) is 1. The van der Waals surface area contributed by atoms with Crippen molar-refractivity contribution >= 4 is 10.8 Å². The van der Waals surface area contributed by atoms with Crippen LogP contribution in [0, 0.1) is 5.82 Å². The van der Waals surface area contributed by atoms with E-state index in [1.807, 2.05) is 13.8 Å². The van der Waals surface area contributed by atoms with Crippen molar-refractivity contribution in [2.24, 2.45) is 0 Å². The molecule has 1 heterocycles. The Morgan fingerprint density at radius 3 is 2.57 bits per heavy atom. The minimum Gasteiger partial charge on any atom is -0.268 e. The number of rotatable bonds is 6. The smallest absolute Gasteiger partial charge is 0.268 e. The van der Waals surface area contributed by atoms with Crippen molar-refractivity contribution in [2.75, 3.05) is 0 Å². The molecule has 0 amide bonds. The number of aromatic amines is 1. The molecular formula is C14H18FN3O2S. The molecule has 1 N–H and O–H groups in total. The number of benzene rings is 1. The SMILES string of the molecule is CCCn1c([S@@](=O)[C@@H](CC)c2ccc(F)cc2)n[nH]c1=O. The van der Waals surface area contributed by atoms with Gasteiger partial charge in [0.1, 0.15) is 5.82 Å². The maximum absolute atomic E-state index is 13.0. The highest BCUT2D eigenvalue weighted by Gasteiger charge is 2.24. The average molecular weight is 311 g/mol. The maximum Gasteiger partial charge on any atom is 0.344 e. The van der Waals surface area contributed by atoms with Gasteiger partial charge in [-0.2, -0.15) is 0 Å². The highest BCUT2D eigenvalue weighted by Crippen LogP contribution is 2.27. The van der Waals surface area contributed by atoms with E-state index in [2.05, 4.69) is 10.2 Å². The van der Waals surface area contributed by atoms with Gasteiger partial charge in [-0.1, -0.05) is 26.0 Å². The third-order valence-corrected chi connectivity index (χ3v) is 5.02. The average Bonchev–Trinajstić information content (AvgIpc) is 2.83. The van der Waals surface area contributed by atoms with Crippen LogP contribution in [0.5, 0.6) is 0 Å². The monoisotopic (exact) mass is 311 g/mol. The molecule has 0 spiro atoms. The van der Waals surface area contributed by atoms with Gasteiger partial charge in [0.15, 0.2) is 0 Å². The lowest BCUT2D eigenvalue weighted by Crippen LogP contribution is -2.20. The van der Waals surface area contributed by atoms with Gasteiger partial charge >= 0.3 is 5.69 Å². The number of nitrogens with one attached hydrogen (secondary N) is 1. The Bertz CT molecular complexity index is 678. The largest absolute Gasteiger partial charge is 0.344 e. The van der Waals surface area contributed by atoms with E-state index in [1.165, 1.54) is 16.7 Å². The van der Waals surface area contributed by atoms with Gasteiger partial charge in [-0.3, -0.25) is 8.78 Å². The van der Waals surface area contributed by atoms with Crippen molar-refractivity contribution in [1.82, 2.24) is 14.8 Å². The molecule has 0 aliphatic rings. The van der Waals surface area contributed by atoms with Crippen LogP contribution in [-0.4, -0.2) is 19.0 Å². The number of nitrogens with zero attached hydrogens (tertiary/aromatic N) is 2. The molecule has 0 unspecified atom stereocenters. The zero-order valence-corrected chi connectivity index (χ0v) is 12.8. The Kier molecular flexibility index (Phi) is 5.06. The first-order valence-electron chi connectivity index (χ1n) is 6.89. The Balaban J connectivity index is 2.37. The van der Waals surface area contributed by atoms with Gasteiger partial charge in [0.25, 0.3) is 0 Å². The van der Waals surface area contributed by atoms with Crippen LogP contribution < -0.4 is 5.69 Å². The Morgan fingerprint density at radius 1 is 1.33 bits per heavy atom. The standard InChI is InChI=1S/C14H18FN3O2S/c1-3-9-18-13(19)16-17-14(18)21(20)12(4-2)10-5-7-11(15)8-6-10/h5-8,12H,3-4,9H2,1-2H3,(H,16,19)/t12-,21-/m0/s1. The predicted molar refractivity (Wildman–Crippen MR) is 79.0 cm³/mol. The van der Waals surface area contributed by atoms with Crippen molar-refractivity contribution in [1.29, 1.82) is 0 Å². The normalized spacial score (nSPS) is 14.0. The van der Waals surface area contributed by atoms with Crippen LogP contribution in [0.25, 0.3) is 0 Å². The van der Waals surface area contributed by atoms with Crippen molar-refractivity contribution in [2.45, 2.75) is 43.6 Å². The van der Waals surface area contributed by atoms with Gasteiger partial charge in [-0.05, 0) is 30.5 Å². The molecule has 0 bridgehead atoms. The van der Waals surface area contributed by atoms with E-state index in [0.29, 0.717) is 13.0 Å². The zero-order chi connectivity index (χ0) is 15.4. The quantitative estimate of drug-likeness (QED) is 0.890. The lowest BCUT2D eigenvalue weighted by molar-refractivity contribution is 0.584. The van der Waals surface area contributed by atoms with E-state index in [9.17, 15) is 13.4 Å². The van der Waals surface area contributed by atoms with Crippen LogP contribution in [0.2, 0.25) is 0 Å². The summed E-state index contributed by atoms with van der Waals surface area (Å²) in [6, 6.07) is 5.93. The van der Waals surface area contributed by atoms with Gasteiger partial charge in [0.2, 0.25) is 5.16 Å². The summed E-state index contributed by atoms with van der Waals surface area (Å²) in [6.45, 7) is 4.31. The summed E-state index contributed by atoms with van der Waals surface area (Å²) >= 11 is 0. The molecule has 0 fully saturated rings. The van der Waals surface area contributed by atoms with Crippen molar-refractivity contribution in [3.8, 4) is 0 Å². The van der Waals surface area contributed by atoms with Crippen molar-refractivity contribution < 1.29 is 8.60 Å². The molecule has 0 radical (unpaired) electrons.